The molecule has 0 saturated carbocycles. The van der Waals surface area contributed by atoms with Gasteiger partial charge in [-0.3, -0.25) is 19.4 Å². The molecule has 2 saturated heterocycles. The van der Waals surface area contributed by atoms with E-state index in [2.05, 4.69) is 4.98 Å². The van der Waals surface area contributed by atoms with Gasteiger partial charge in [0.25, 0.3) is 5.91 Å². The van der Waals surface area contributed by atoms with Gasteiger partial charge >= 0.3 is 11.8 Å². The molecule has 29 heavy (non-hydrogen) atoms. The fourth-order valence-corrected chi connectivity index (χ4v) is 4.08. The van der Waals surface area contributed by atoms with Crippen LogP contribution in [0, 0.1) is 13.8 Å². The number of piperazine rings is 1. The second kappa shape index (κ2) is 7.81. The first kappa shape index (κ1) is 19.4. The van der Waals surface area contributed by atoms with Crippen molar-refractivity contribution < 1.29 is 14.4 Å². The van der Waals surface area contributed by atoms with Crippen molar-refractivity contribution in [2.75, 3.05) is 39.3 Å². The molecule has 2 aromatic rings. The van der Waals surface area contributed by atoms with Gasteiger partial charge < -0.3 is 14.7 Å². The molecule has 4 rings (SSSR count). The van der Waals surface area contributed by atoms with Gasteiger partial charge in [-0.25, -0.2) is 0 Å². The monoisotopic (exact) mass is 394 g/mol. The van der Waals surface area contributed by atoms with Crippen LogP contribution in [0.4, 0.5) is 0 Å². The molecule has 3 heterocycles. The van der Waals surface area contributed by atoms with Gasteiger partial charge in [0.2, 0.25) is 0 Å². The van der Waals surface area contributed by atoms with Crippen LogP contribution in [-0.4, -0.2) is 76.7 Å². The van der Waals surface area contributed by atoms with Gasteiger partial charge in [-0.15, -0.1) is 0 Å². The summed E-state index contributed by atoms with van der Waals surface area (Å²) < 4.78 is 0. The van der Waals surface area contributed by atoms with E-state index in [-0.39, 0.29) is 5.91 Å². The molecular weight excluding hydrogens is 368 g/mol. The van der Waals surface area contributed by atoms with Crippen LogP contribution in [0.15, 0.2) is 24.3 Å². The minimum absolute atomic E-state index is 0.0728. The van der Waals surface area contributed by atoms with Crippen LogP contribution in [0.25, 0.3) is 10.9 Å². The molecule has 1 aromatic heterocycles. The second-order valence-electron chi connectivity index (χ2n) is 7.90. The fraction of sp³-hybridized carbons (Fsp3) is 0.455. The molecule has 2 fully saturated rings. The predicted molar refractivity (Wildman–Crippen MR) is 110 cm³/mol. The number of fused-ring (bicyclic) bond motifs is 1. The molecule has 0 aliphatic carbocycles. The first-order chi connectivity index (χ1) is 13.9. The average molecular weight is 394 g/mol. The number of aryl methyl sites for hydroxylation is 2. The average Bonchev–Trinajstić information content (AvgIpc) is 3.27. The standard InChI is InChI=1S/C22H26N4O3/c1-15-5-6-19-17(13-15)14-18(16(2)23-19)20(27)25-9-11-26(12-10-25)22(29)21(28)24-7-3-4-8-24/h5-6,13-14H,3-4,7-12H2,1-2H3. The Labute approximate surface area is 170 Å². The number of aromatic nitrogens is 1. The summed E-state index contributed by atoms with van der Waals surface area (Å²) in [6, 6.07) is 7.91. The molecule has 7 nitrogen and oxygen atoms in total. The molecule has 0 N–H and O–H groups in total. The lowest BCUT2D eigenvalue weighted by Gasteiger charge is -2.35. The number of amides is 3. The normalized spacial score (nSPS) is 17.1. The Balaban J connectivity index is 1.44. The Morgan fingerprint density at radius 3 is 2.03 bits per heavy atom. The lowest BCUT2D eigenvalue weighted by Crippen LogP contribution is -2.54. The smallest absolute Gasteiger partial charge is 0.312 e. The molecule has 0 radical (unpaired) electrons. The Kier molecular flexibility index (Phi) is 5.22. The first-order valence-electron chi connectivity index (χ1n) is 10.2. The minimum Gasteiger partial charge on any atom is -0.335 e. The fourth-order valence-electron chi connectivity index (χ4n) is 4.08. The van der Waals surface area contributed by atoms with E-state index in [0.29, 0.717) is 50.5 Å². The van der Waals surface area contributed by atoms with Crippen LogP contribution in [0.2, 0.25) is 0 Å². The van der Waals surface area contributed by atoms with Crippen molar-refractivity contribution in [3.8, 4) is 0 Å². The first-order valence-corrected chi connectivity index (χ1v) is 10.2. The lowest BCUT2D eigenvalue weighted by molar-refractivity contribution is -0.152. The summed E-state index contributed by atoms with van der Waals surface area (Å²) in [6.45, 7) is 6.79. The number of carbonyl (C=O) groups is 3. The maximum Gasteiger partial charge on any atom is 0.312 e. The Morgan fingerprint density at radius 1 is 0.793 bits per heavy atom. The van der Waals surface area contributed by atoms with Gasteiger partial charge in [-0.2, -0.15) is 0 Å². The molecule has 2 aliphatic rings. The second-order valence-corrected chi connectivity index (χ2v) is 7.90. The van der Waals surface area contributed by atoms with Gasteiger partial charge in [0.1, 0.15) is 0 Å². The molecule has 152 valence electrons. The number of carbonyl (C=O) groups excluding carboxylic acids is 3. The quantitative estimate of drug-likeness (QED) is 0.691. The van der Waals surface area contributed by atoms with Crippen LogP contribution in [-0.2, 0) is 9.59 Å². The van der Waals surface area contributed by atoms with Crippen LogP contribution in [0.3, 0.4) is 0 Å². The molecule has 0 atom stereocenters. The number of benzene rings is 1. The molecule has 0 unspecified atom stereocenters. The zero-order chi connectivity index (χ0) is 20.5. The number of hydrogen-bond acceptors (Lipinski definition) is 4. The van der Waals surface area contributed by atoms with Crippen LogP contribution < -0.4 is 0 Å². The highest BCUT2D eigenvalue weighted by molar-refractivity contribution is 6.35. The van der Waals surface area contributed by atoms with Crippen molar-refractivity contribution in [3.05, 3.63) is 41.1 Å². The van der Waals surface area contributed by atoms with Crippen molar-refractivity contribution in [2.45, 2.75) is 26.7 Å². The zero-order valence-electron chi connectivity index (χ0n) is 17.0. The zero-order valence-corrected chi connectivity index (χ0v) is 17.0. The summed E-state index contributed by atoms with van der Waals surface area (Å²) in [7, 11) is 0. The van der Waals surface area contributed by atoms with E-state index in [1.807, 2.05) is 38.1 Å². The van der Waals surface area contributed by atoms with Crippen LogP contribution in [0.5, 0.6) is 0 Å². The summed E-state index contributed by atoms with van der Waals surface area (Å²) in [5, 5.41) is 0.948. The molecule has 0 bridgehead atoms. The van der Waals surface area contributed by atoms with E-state index in [4.69, 9.17) is 0 Å². The van der Waals surface area contributed by atoms with Crippen molar-refractivity contribution >= 4 is 28.6 Å². The third-order valence-electron chi connectivity index (χ3n) is 5.82. The van der Waals surface area contributed by atoms with Crippen molar-refractivity contribution in [1.29, 1.82) is 0 Å². The summed E-state index contributed by atoms with van der Waals surface area (Å²) in [5.41, 5.74) is 3.29. The van der Waals surface area contributed by atoms with Gasteiger partial charge in [-0.1, -0.05) is 11.6 Å². The molecule has 0 spiro atoms. The number of nitrogens with zero attached hydrogens (tertiary/aromatic N) is 4. The largest absolute Gasteiger partial charge is 0.335 e. The van der Waals surface area contributed by atoms with E-state index in [0.717, 1.165) is 29.3 Å². The van der Waals surface area contributed by atoms with E-state index in [9.17, 15) is 14.4 Å². The van der Waals surface area contributed by atoms with Crippen molar-refractivity contribution in [1.82, 2.24) is 19.7 Å². The topological polar surface area (TPSA) is 73.8 Å². The Morgan fingerprint density at radius 2 is 1.38 bits per heavy atom. The van der Waals surface area contributed by atoms with Gasteiger partial charge in [0.05, 0.1) is 16.8 Å². The maximum atomic E-state index is 13.1. The third kappa shape index (κ3) is 3.81. The summed E-state index contributed by atoms with van der Waals surface area (Å²) in [4.78, 5) is 47.4. The minimum atomic E-state index is -0.446. The molecule has 1 aromatic carbocycles. The Bertz CT molecular complexity index is 973. The van der Waals surface area contributed by atoms with Crippen molar-refractivity contribution in [2.24, 2.45) is 0 Å². The van der Waals surface area contributed by atoms with E-state index in [1.165, 1.54) is 0 Å². The summed E-state index contributed by atoms with van der Waals surface area (Å²) in [6.07, 6.45) is 1.92. The van der Waals surface area contributed by atoms with Crippen LogP contribution in [0.1, 0.15) is 34.5 Å². The Hall–Kier alpha value is -2.96. The van der Waals surface area contributed by atoms with E-state index >= 15 is 0 Å². The van der Waals surface area contributed by atoms with Gasteiger partial charge in [0, 0.05) is 44.7 Å². The number of rotatable bonds is 1. The molecule has 2 aliphatic heterocycles. The van der Waals surface area contributed by atoms with Crippen LogP contribution >= 0.6 is 0 Å². The molecule has 7 heteroatoms. The van der Waals surface area contributed by atoms with Crippen molar-refractivity contribution in [3.63, 3.8) is 0 Å². The number of hydrogen-bond donors (Lipinski definition) is 0. The van der Waals surface area contributed by atoms with E-state index in [1.54, 1.807) is 14.7 Å². The number of pyridine rings is 1. The summed E-state index contributed by atoms with van der Waals surface area (Å²) in [5.74, 6) is -0.929. The maximum absolute atomic E-state index is 13.1. The van der Waals surface area contributed by atoms with Gasteiger partial charge in [-0.05, 0) is 44.9 Å². The number of likely N-dealkylation sites (tertiary alicyclic amines) is 1. The van der Waals surface area contributed by atoms with E-state index < -0.39 is 11.8 Å². The highest BCUT2D eigenvalue weighted by Gasteiger charge is 2.32. The van der Waals surface area contributed by atoms with Gasteiger partial charge in [0.15, 0.2) is 0 Å². The molecular formula is C22H26N4O3. The predicted octanol–water partition coefficient (Wildman–Crippen LogP) is 1.76. The highest BCUT2D eigenvalue weighted by atomic mass is 16.2. The highest BCUT2D eigenvalue weighted by Crippen LogP contribution is 2.20. The third-order valence-corrected chi connectivity index (χ3v) is 5.82. The lowest BCUT2D eigenvalue weighted by atomic mass is 10.1. The summed E-state index contributed by atoms with van der Waals surface area (Å²) >= 11 is 0. The SMILES string of the molecule is Cc1ccc2nc(C)c(C(=O)N3CCN(C(=O)C(=O)N4CCCC4)CC3)cc2c1. The molecule has 3 amide bonds.